The highest BCUT2D eigenvalue weighted by atomic mass is 15.2. The van der Waals surface area contributed by atoms with Gasteiger partial charge in [-0.2, -0.15) is 5.26 Å². The number of nitrogens with zero attached hydrogens (tertiary/aromatic N) is 1. The molecule has 0 amide bonds. The number of hydrogen-bond donors (Lipinski definition) is 2. The molecule has 0 radical (unpaired) electrons. The van der Waals surface area contributed by atoms with Gasteiger partial charge in [-0.05, 0) is 12.0 Å². The lowest BCUT2D eigenvalue weighted by Crippen LogP contribution is -2.26. The van der Waals surface area contributed by atoms with E-state index in [0.717, 1.165) is 5.56 Å². The quantitative estimate of drug-likeness (QED) is 0.552. The maximum atomic E-state index is 8.88. The zero-order valence-electron chi connectivity index (χ0n) is 7.90. The summed E-state index contributed by atoms with van der Waals surface area (Å²) in [6.07, 6.45) is 0.639. The molecule has 14 heavy (non-hydrogen) atoms. The summed E-state index contributed by atoms with van der Waals surface area (Å²) in [4.78, 5) is 0. The van der Waals surface area contributed by atoms with Crippen LogP contribution in [0.15, 0.2) is 42.6 Å². The Balaban J connectivity index is 2.68. The molecule has 1 unspecified atom stereocenters. The first-order valence-corrected chi connectivity index (χ1v) is 4.37. The van der Waals surface area contributed by atoms with Crippen LogP contribution in [0.3, 0.4) is 0 Å². The van der Waals surface area contributed by atoms with E-state index in [4.69, 9.17) is 11.1 Å². The van der Waals surface area contributed by atoms with Crippen LogP contribution in [-0.2, 0) is 6.42 Å². The van der Waals surface area contributed by atoms with Crippen LogP contribution in [0.25, 0.3) is 0 Å². The third-order valence-corrected chi connectivity index (χ3v) is 2.04. The number of rotatable bonds is 4. The number of nitrogens with one attached hydrogen (secondary N) is 1. The number of hydrazine groups is 1. The zero-order valence-corrected chi connectivity index (χ0v) is 7.90. The van der Waals surface area contributed by atoms with E-state index in [2.05, 4.69) is 18.1 Å². The Hall–Kier alpha value is -1.79. The largest absolute Gasteiger partial charge is 0.327 e. The molecule has 0 bridgehead atoms. The van der Waals surface area contributed by atoms with Crippen molar-refractivity contribution in [3.63, 3.8) is 0 Å². The normalized spacial score (nSPS) is 11.4. The average Bonchev–Trinajstić information content (AvgIpc) is 2.26. The molecule has 1 atom stereocenters. The standard InChI is InChI=1S/C11H13N3/c1-9(14-13)11(8-12)7-10-5-3-2-4-6-10/h2-6,11,14H,1,7,13H2. The van der Waals surface area contributed by atoms with Gasteiger partial charge in [0.25, 0.3) is 0 Å². The summed E-state index contributed by atoms with van der Waals surface area (Å²) in [5.41, 5.74) is 4.08. The molecule has 0 fully saturated rings. The maximum absolute atomic E-state index is 8.88. The Kier molecular flexibility index (Phi) is 3.71. The fourth-order valence-electron chi connectivity index (χ4n) is 1.20. The lowest BCUT2D eigenvalue weighted by Gasteiger charge is -2.11. The molecular weight excluding hydrogens is 174 g/mol. The van der Waals surface area contributed by atoms with Gasteiger partial charge in [0.1, 0.15) is 0 Å². The molecule has 0 heterocycles. The first-order valence-electron chi connectivity index (χ1n) is 4.37. The van der Waals surface area contributed by atoms with E-state index >= 15 is 0 Å². The van der Waals surface area contributed by atoms with Crippen LogP contribution >= 0.6 is 0 Å². The summed E-state index contributed by atoms with van der Waals surface area (Å²) in [6, 6.07) is 12.0. The predicted octanol–water partition coefficient (Wildman–Crippen LogP) is 1.35. The molecule has 72 valence electrons. The molecule has 0 saturated heterocycles. The molecule has 3 nitrogen and oxygen atoms in total. The van der Waals surface area contributed by atoms with Crippen LogP contribution < -0.4 is 11.3 Å². The molecule has 0 saturated carbocycles. The van der Waals surface area contributed by atoms with Gasteiger partial charge in [0.05, 0.1) is 12.0 Å². The molecule has 1 aromatic carbocycles. The smallest absolute Gasteiger partial charge is 0.0907 e. The summed E-state index contributed by atoms with van der Waals surface area (Å²) >= 11 is 0. The van der Waals surface area contributed by atoms with E-state index in [1.807, 2.05) is 30.3 Å². The highest BCUT2D eigenvalue weighted by Gasteiger charge is 2.10. The average molecular weight is 187 g/mol. The second kappa shape index (κ2) is 5.05. The number of nitrogens with two attached hydrogens (primary N) is 1. The summed E-state index contributed by atoms with van der Waals surface area (Å²) in [5, 5.41) is 8.88. The lowest BCUT2D eigenvalue weighted by atomic mass is 9.98. The summed E-state index contributed by atoms with van der Waals surface area (Å²) in [5.74, 6) is 4.93. The Morgan fingerprint density at radius 1 is 1.50 bits per heavy atom. The van der Waals surface area contributed by atoms with Gasteiger partial charge in [-0.3, -0.25) is 5.84 Å². The topological polar surface area (TPSA) is 61.8 Å². The van der Waals surface area contributed by atoms with Crippen molar-refractivity contribution in [3.05, 3.63) is 48.2 Å². The van der Waals surface area contributed by atoms with Crippen molar-refractivity contribution in [2.75, 3.05) is 0 Å². The molecule has 0 aliphatic carbocycles. The first-order chi connectivity index (χ1) is 6.77. The monoisotopic (exact) mass is 187 g/mol. The summed E-state index contributed by atoms with van der Waals surface area (Å²) in [6.45, 7) is 3.68. The minimum atomic E-state index is -0.276. The van der Waals surface area contributed by atoms with Crippen LogP contribution in [-0.4, -0.2) is 0 Å². The van der Waals surface area contributed by atoms with E-state index in [-0.39, 0.29) is 5.92 Å². The SMILES string of the molecule is C=C(NN)C(C#N)Cc1ccccc1. The second-order valence-electron chi connectivity index (χ2n) is 3.04. The summed E-state index contributed by atoms with van der Waals surface area (Å²) < 4.78 is 0. The van der Waals surface area contributed by atoms with Crippen molar-refractivity contribution >= 4 is 0 Å². The van der Waals surface area contributed by atoms with Crippen LogP contribution in [0, 0.1) is 17.2 Å². The van der Waals surface area contributed by atoms with Crippen molar-refractivity contribution in [2.24, 2.45) is 11.8 Å². The van der Waals surface area contributed by atoms with Gasteiger partial charge in [-0.25, -0.2) is 0 Å². The molecule has 0 aliphatic rings. The Labute approximate surface area is 83.8 Å². The van der Waals surface area contributed by atoms with Gasteiger partial charge < -0.3 is 5.43 Å². The molecule has 0 aromatic heterocycles. The Bertz CT molecular complexity index is 337. The molecule has 3 heteroatoms. The highest BCUT2D eigenvalue weighted by molar-refractivity contribution is 5.20. The molecule has 0 aliphatic heterocycles. The number of allylic oxidation sites excluding steroid dienone is 1. The van der Waals surface area contributed by atoms with Gasteiger partial charge in [-0.1, -0.05) is 36.9 Å². The molecule has 1 aromatic rings. The number of nitriles is 1. The summed E-state index contributed by atoms with van der Waals surface area (Å²) in [7, 11) is 0. The van der Waals surface area contributed by atoms with Gasteiger partial charge in [0.15, 0.2) is 0 Å². The molecule has 1 rings (SSSR count). The van der Waals surface area contributed by atoms with Crippen molar-refractivity contribution in [1.82, 2.24) is 5.43 Å². The lowest BCUT2D eigenvalue weighted by molar-refractivity contribution is 0.683. The van der Waals surface area contributed by atoms with Gasteiger partial charge in [0, 0.05) is 5.70 Å². The predicted molar refractivity (Wildman–Crippen MR) is 55.7 cm³/mol. The zero-order chi connectivity index (χ0) is 10.4. The highest BCUT2D eigenvalue weighted by Crippen LogP contribution is 2.12. The third kappa shape index (κ3) is 2.61. The van der Waals surface area contributed by atoms with Crippen molar-refractivity contribution in [1.29, 1.82) is 5.26 Å². The van der Waals surface area contributed by atoms with Crippen LogP contribution in [0.1, 0.15) is 5.56 Å². The minimum absolute atomic E-state index is 0.276. The van der Waals surface area contributed by atoms with Crippen LogP contribution in [0.2, 0.25) is 0 Å². The van der Waals surface area contributed by atoms with Gasteiger partial charge in [0.2, 0.25) is 0 Å². The Morgan fingerprint density at radius 2 is 2.14 bits per heavy atom. The Morgan fingerprint density at radius 3 is 2.64 bits per heavy atom. The van der Waals surface area contributed by atoms with E-state index in [9.17, 15) is 0 Å². The molecule has 0 spiro atoms. The van der Waals surface area contributed by atoms with Gasteiger partial charge in [-0.15, -0.1) is 0 Å². The number of benzene rings is 1. The van der Waals surface area contributed by atoms with E-state index in [1.165, 1.54) is 0 Å². The van der Waals surface area contributed by atoms with E-state index in [0.29, 0.717) is 12.1 Å². The number of hydrogen-bond acceptors (Lipinski definition) is 3. The van der Waals surface area contributed by atoms with E-state index < -0.39 is 0 Å². The fourth-order valence-corrected chi connectivity index (χ4v) is 1.20. The van der Waals surface area contributed by atoms with Crippen LogP contribution in [0.5, 0.6) is 0 Å². The fraction of sp³-hybridized carbons (Fsp3) is 0.182. The van der Waals surface area contributed by atoms with Crippen molar-refractivity contribution < 1.29 is 0 Å². The van der Waals surface area contributed by atoms with E-state index in [1.54, 1.807) is 0 Å². The first kappa shape index (κ1) is 10.3. The van der Waals surface area contributed by atoms with Crippen molar-refractivity contribution in [3.8, 4) is 6.07 Å². The van der Waals surface area contributed by atoms with Crippen molar-refractivity contribution in [2.45, 2.75) is 6.42 Å². The molecular formula is C11H13N3. The molecule has 3 N–H and O–H groups in total. The van der Waals surface area contributed by atoms with Gasteiger partial charge >= 0.3 is 0 Å². The maximum Gasteiger partial charge on any atom is 0.0907 e. The third-order valence-electron chi connectivity index (χ3n) is 2.04. The second-order valence-corrected chi connectivity index (χ2v) is 3.04. The minimum Gasteiger partial charge on any atom is -0.327 e. The van der Waals surface area contributed by atoms with Crippen LogP contribution in [0.4, 0.5) is 0 Å².